The van der Waals surface area contributed by atoms with Crippen molar-refractivity contribution >= 4 is 11.9 Å². The Labute approximate surface area is 88.9 Å². The van der Waals surface area contributed by atoms with E-state index < -0.39 is 11.9 Å². The second-order valence-electron chi connectivity index (χ2n) is 3.08. The van der Waals surface area contributed by atoms with Crippen molar-refractivity contribution in [2.45, 2.75) is 20.8 Å². The molecule has 0 unspecified atom stereocenters. The summed E-state index contributed by atoms with van der Waals surface area (Å²) in [6.07, 6.45) is 1.05. The van der Waals surface area contributed by atoms with Crippen LogP contribution in [0, 0.1) is 0 Å². The van der Waals surface area contributed by atoms with E-state index in [0.717, 1.165) is 6.26 Å². The van der Waals surface area contributed by atoms with E-state index in [4.69, 9.17) is 4.74 Å². The van der Waals surface area contributed by atoms with Crippen molar-refractivity contribution in [3.05, 3.63) is 36.3 Å². The second-order valence-corrected chi connectivity index (χ2v) is 3.08. The van der Waals surface area contributed by atoms with Crippen LogP contribution in [0.3, 0.4) is 0 Å². The number of carbonyl (C=O) groups excluding carboxylic acids is 2. The Balaban J connectivity index is 4.22. The second kappa shape index (κ2) is 5.80. The van der Waals surface area contributed by atoms with Gasteiger partial charge in [-0.1, -0.05) is 13.2 Å². The average molecular weight is 210 g/mol. The molecule has 0 aromatic heterocycles. The monoisotopic (exact) mass is 210 g/mol. The van der Waals surface area contributed by atoms with E-state index in [2.05, 4.69) is 17.9 Å². The lowest BCUT2D eigenvalue weighted by atomic mass is 10.4. The molecule has 0 spiro atoms. The molecular formula is C11H14O4. The summed E-state index contributed by atoms with van der Waals surface area (Å²) >= 11 is 0. The van der Waals surface area contributed by atoms with E-state index in [1.54, 1.807) is 0 Å². The van der Waals surface area contributed by atoms with Gasteiger partial charge in [0.15, 0.2) is 0 Å². The molecule has 0 aromatic carbocycles. The van der Waals surface area contributed by atoms with Gasteiger partial charge in [0, 0.05) is 11.1 Å². The van der Waals surface area contributed by atoms with Gasteiger partial charge in [-0.25, -0.2) is 9.59 Å². The maximum atomic E-state index is 11.0. The molecule has 0 N–H and O–H groups in total. The van der Waals surface area contributed by atoms with Crippen molar-refractivity contribution in [1.82, 2.24) is 0 Å². The van der Waals surface area contributed by atoms with Gasteiger partial charge in [-0.05, 0) is 20.8 Å². The van der Waals surface area contributed by atoms with Crippen molar-refractivity contribution in [2.24, 2.45) is 0 Å². The first-order valence-corrected chi connectivity index (χ1v) is 4.25. The molecule has 0 saturated carbocycles. The Morgan fingerprint density at radius 3 is 1.87 bits per heavy atom. The predicted molar refractivity (Wildman–Crippen MR) is 55.6 cm³/mol. The molecule has 0 heterocycles. The molecular weight excluding hydrogens is 196 g/mol. The van der Waals surface area contributed by atoms with Crippen molar-refractivity contribution < 1.29 is 19.1 Å². The minimum Gasteiger partial charge on any atom is -0.428 e. The third kappa shape index (κ3) is 5.46. The number of hydrogen-bond acceptors (Lipinski definition) is 4. The third-order valence-electron chi connectivity index (χ3n) is 1.28. The van der Waals surface area contributed by atoms with Crippen LogP contribution in [0.1, 0.15) is 20.8 Å². The lowest BCUT2D eigenvalue weighted by Crippen LogP contribution is -2.05. The van der Waals surface area contributed by atoms with E-state index in [9.17, 15) is 9.59 Å². The smallest absolute Gasteiger partial charge is 0.338 e. The van der Waals surface area contributed by atoms with Gasteiger partial charge in [0.1, 0.15) is 12.0 Å². The van der Waals surface area contributed by atoms with Crippen LogP contribution in [0.4, 0.5) is 0 Å². The molecule has 4 nitrogen and oxygen atoms in total. The van der Waals surface area contributed by atoms with Crippen LogP contribution in [0.25, 0.3) is 0 Å². The first kappa shape index (κ1) is 13.2. The summed E-state index contributed by atoms with van der Waals surface area (Å²) in [6, 6.07) is 0. The van der Waals surface area contributed by atoms with Gasteiger partial charge in [0.25, 0.3) is 0 Å². The molecule has 4 heteroatoms. The Morgan fingerprint density at radius 2 is 1.47 bits per heavy atom. The van der Waals surface area contributed by atoms with E-state index in [0.29, 0.717) is 0 Å². The highest BCUT2D eigenvalue weighted by Gasteiger charge is 2.06. The molecule has 0 aliphatic heterocycles. The van der Waals surface area contributed by atoms with Gasteiger partial charge >= 0.3 is 11.9 Å². The Morgan fingerprint density at radius 1 is 1.00 bits per heavy atom. The summed E-state index contributed by atoms with van der Waals surface area (Å²) in [7, 11) is 0. The van der Waals surface area contributed by atoms with Crippen molar-refractivity contribution in [1.29, 1.82) is 0 Å². The van der Waals surface area contributed by atoms with Crippen molar-refractivity contribution in [2.75, 3.05) is 0 Å². The van der Waals surface area contributed by atoms with Crippen LogP contribution in [-0.4, -0.2) is 11.9 Å². The molecule has 0 bridgehead atoms. The predicted octanol–water partition coefficient (Wildman–Crippen LogP) is 2.09. The normalized spacial score (nSPS) is 10.5. The third-order valence-corrected chi connectivity index (χ3v) is 1.28. The molecule has 0 fully saturated rings. The molecule has 0 atom stereocenters. The van der Waals surface area contributed by atoms with Crippen LogP contribution < -0.4 is 0 Å². The number of allylic oxidation sites excluding steroid dienone is 1. The number of carbonyl (C=O) groups is 2. The average Bonchev–Trinajstić information content (AvgIpc) is 2.13. The summed E-state index contributed by atoms with van der Waals surface area (Å²) in [5, 5.41) is 0. The van der Waals surface area contributed by atoms with E-state index >= 15 is 0 Å². The standard InChI is InChI=1S/C11H14O4/c1-7(2)10(12)14-6-9(5)15-11(13)8(3)4/h6H,1,3H2,2,4-5H3. The summed E-state index contributed by atoms with van der Waals surface area (Å²) < 4.78 is 9.40. The zero-order valence-corrected chi connectivity index (χ0v) is 9.12. The van der Waals surface area contributed by atoms with E-state index in [-0.39, 0.29) is 16.9 Å². The SMILES string of the molecule is C=C(C)C(=O)OC=C(C)OC(=O)C(=C)C. The highest BCUT2D eigenvalue weighted by atomic mass is 16.6. The zero-order valence-electron chi connectivity index (χ0n) is 9.12. The fourth-order valence-electron chi connectivity index (χ4n) is 0.494. The molecule has 0 radical (unpaired) electrons. The van der Waals surface area contributed by atoms with E-state index in [1.165, 1.54) is 20.8 Å². The minimum absolute atomic E-state index is 0.178. The molecule has 15 heavy (non-hydrogen) atoms. The number of hydrogen-bond donors (Lipinski definition) is 0. The largest absolute Gasteiger partial charge is 0.428 e. The Hall–Kier alpha value is -1.84. The molecule has 0 aromatic rings. The molecule has 0 saturated heterocycles. The van der Waals surface area contributed by atoms with Crippen LogP contribution in [0.5, 0.6) is 0 Å². The van der Waals surface area contributed by atoms with Crippen LogP contribution in [0.2, 0.25) is 0 Å². The quantitative estimate of drug-likeness (QED) is 0.405. The highest BCUT2D eigenvalue weighted by Crippen LogP contribution is 2.03. The molecule has 82 valence electrons. The van der Waals surface area contributed by atoms with Gasteiger partial charge in [-0.15, -0.1) is 0 Å². The Bertz CT molecular complexity index is 336. The topological polar surface area (TPSA) is 52.6 Å². The zero-order chi connectivity index (χ0) is 12.0. The van der Waals surface area contributed by atoms with Gasteiger partial charge in [0.2, 0.25) is 0 Å². The fourth-order valence-corrected chi connectivity index (χ4v) is 0.494. The fraction of sp³-hybridized carbons (Fsp3) is 0.273. The summed E-state index contributed by atoms with van der Waals surface area (Å²) in [5.41, 5.74) is 0.541. The first-order chi connectivity index (χ1) is 6.84. The van der Waals surface area contributed by atoms with Gasteiger partial charge in [-0.3, -0.25) is 0 Å². The van der Waals surface area contributed by atoms with Crippen molar-refractivity contribution in [3.63, 3.8) is 0 Å². The molecule has 0 aliphatic carbocycles. The van der Waals surface area contributed by atoms with Gasteiger partial charge < -0.3 is 9.47 Å². The van der Waals surface area contributed by atoms with Crippen LogP contribution >= 0.6 is 0 Å². The summed E-state index contributed by atoms with van der Waals surface area (Å²) in [4.78, 5) is 22.0. The summed E-state index contributed by atoms with van der Waals surface area (Å²) in [6.45, 7) is 11.3. The lowest BCUT2D eigenvalue weighted by molar-refractivity contribution is -0.137. The lowest BCUT2D eigenvalue weighted by Gasteiger charge is -2.03. The highest BCUT2D eigenvalue weighted by molar-refractivity contribution is 5.88. The summed E-state index contributed by atoms with van der Waals surface area (Å²) in [5.74, 6) is -0.951. The maximum absolute atomic E-state index is 11.0. The molecule has 0 aliphatic rings. The Kier molecular flexibility index (Phi) is 5.09. The number of esters is 2. The molecule has 0 amide bonds. The molecule has 0 rings (SSSR count). The van der Waals surface area contributed by atoms with Gasteiger partial charge in [0.05, 0.1) is 0 Å². The van der Waals surface area contributed by atoms with Crippen LogP contribution in [-0.2, 0) is 19.1 Å². The minimum atomic E-state index is -0.569. The number of rotatable bonds is 4. The van der Waals surface area contributed by atoms with Crippen molar-refractivity contribution in [3.8, 4) is 0 Å². The maximum Gasteiger partial charge on any atom is 0.338 e. The number of ether oxygens (including phenoxy) is 2. The van der Waals surface area contributed by atoms with Crippen LogP contribution in [0.15, 0.2) is 36.3 Å². The first-order valence-electron chi connectivity index (χ1n) is 4.25. The van der Waals surface area contributed by atoms with E-state index in [1.807, 2.05) is 0 Å². The van der Waals surface area contributed by atoms with Gasteiger partial charge in [-0.2, -0.15) is 0 Å².